The van der Waals surface area contributed by atoms with Gasteiger partial charge < -0.3 is 10.1 Å². The van der Waals surface area contributed by atoms with Gasteiger partial charge in [0.2, 0.25) is 10.0 Å². The lowest BCUT2D eigenvalue weighted by Gasteiger charge is -2.17. The summed E-state index contributed by atoms with van der Waals surface area (Å²) in [6, 6.07) is 4.09. The van der Waals surface area contributed by atoms with E-state index in [-0.39, 0.29) is 17.2 Å². The summed E-state index contributed by atoms with van der Waals surface area (Å²) in [5.74, 6) is -1.61. The molecule has 0 saturated heterocycles. The number of hydrogen-bond donors (Lipinski definition) is 2. The molecule has 0 saturated carbocycles. The number of rotatable bonds is 9. The van der Waals surface area contributed by atoms with Gasteiger partial charge in [-0.3, -0.25) is 14.4 Å². The van der Waals surface area contributed by atoms with E-state index in [1.54, 1.807) is 0 Å². The average molecular weight is 382 g/mol. The molecule has 0 aromatic heterocycles. The maximum Gasteiger partial charge on any atom is 0.324 e. The first-order valence-electron chi connectivity index (χ1n) is 7.81. The molecule has 0 aliphatic heterocycles. The van der Waals surface area contributed by atoms with Gasteiger partial charge in [0.15, 0.2) is 11.9 Å². The Balaban J connectivity index is 2.73. The highest BCUT2D eigenvalue weighted by Gasteiger charge is 2.26. The van der Waals surface area contributed by atoms with Crippen LogP contribution < -0.4 is 10.0 Å². The highest BCUT2D eigenvalue weighted by Crippen LogP contribution is 2.12. The topological polar surface area (TPSA) is 119 Å². The van der Waals surface area contributed by atoms with Crippen LogP contribution in [0.1, 0.15) is 31.1 Å². The molecule has 26 heavy (non-hydrogen) atoms. The SMILES string of the molecule is C=CCNC(=O)[C@H](C)OC(=O)[C@H](C)NS(=O)(=O)c1ccc(C(C)=O)cc1. The normalized spacial score (nSPS) is 13.3. The van der Waals surface area contributed by atoms with Crippen molar-refractivity contribution in [3.05, 3.63) is 42.5 Å². The molecule has 9 heteroatoms. The van der Waals surface area contributed by atoms with E-state index in [1.807, 2.05) is 0 Å². The van der Waals surface area contributed by atoms with Crippen LogP contribution in [0, 0.1) is 0 Å². The molecule has 0 fully saturated rings. The van der Waals surface area contributed by atoms with Crippen LogP contribution in [0.4, 0.5) is 0 Å². The number of carbonyl (C=O) groups excluding carboxylic acids is 3. The number of hydrogen-bond acceptors (Lipinski definition) is 6. The van der Waals surface area contributed by atoms with Crippen molar-refractivity contribution in [3.63, 3.8) is 0 Å². The number of amides is 1. The van der Waals surface area contributed by atoms with Crippen LogP contribution in [-0.4, -0.2) is 44.8 Å². The molecule has 1 aromatic rings. The Kier molecular flexibility index (Phi) is 7.66. The molecule has 0 unspecified atom stereocenters. The Morgan fingerprint density at radius 3 is 2.27 bits per heavy atom. The summed E-state index contributed by atoms with van der Waals surface area (Å²) in [5.41, 5.74) is 0.371. The molecule has 0 spiro atoms. The van der Waals surface area contributed by atoms with Gasteiger partial charge in [-0.1, -0.05) is 18.2 Å². The summed E-state index contributed by atoms with van der Waals surface area (Å²) >= 11 is 0. The van der Waals surface area contributed by atoms with Gasteiger partial charge in [-0.05, 0) is 32.9 Å². The van der Waals surface area contributed by atoms with Crippen molar-refractivity contribution in [2.75, 3.05) is 6.54 Å². The number of carbonyl (C=O) groups is 3. The zero-order chi connectivity index (χ0) is 19.9. The lowest BCUT2D eigenvalue weighted by molar-refractivity contribution is -0.155. The minimum atomic E-state index is -3.99. The van der Waals surface area contributed by atoms with Crippen LogP contribution >= 0.6 is 0 Å². The van der Waals surface area contributed by atoms with Gasteiger partial charge in [0.1, 0.15) is 6.04 Å². The van der Waals surface area contributed by atoms with Crippen molar-refractivity contribution in [1.29, 1.82) is 0 Å². The van der Waals surface area contributed by atoms with Crippen molar-refractivity contribution in [2.45, 2.75) is 37.8 Å². The molecular weight excluding hydrogens is 360 g/mol. The van der Waals surface area contributed by atoms with Crippen LogP contribution in [0.15, 0.2) is 41.8 Å². The Bertz CT molecular complexity index is 786. The van der Waals surface area contributed by atoms with E-state index in [0.717, 1.165) is 0 Å². The van der Waals surface area contributed by atoms with Gasteiger partial charge in [-0.25, -0.2) is 8.42 Å². The molecule has 0 bridgehead atoms. The van der Waals surface area contributed by atoms with Crippen LogP contribution in [0.25, 0.3) is 0 Å². The number of esters is 1. The Morgan fingerprint density at radius 2 is 1.77 bits per heavy atom. The van der Waals surface area contributed by atoms with Crippen molar-refractivity contribution < 1.29 is 27.5 Å². The van der Waals surface area contributed by atoms with Gasteiger partial charge in [0.05, 0.1) is 4.90 Å². The van der Waals surface area contributed by atoms with Crippen molar-refractivity contribution >= 4 is 27.7 Å². The molecule has 0 aliphatic rings. The molecule has 2 atom stereocenters. The number of Topliss-reactive ketones (excluding diaryl/α,β-unsaturated/α-hetero) is 1. The molecule has 1 rings (SSSR count). The Morgan fingerprint density at radius 1 is 1.19 bits per heavy atom. The second-order valence-corrected chi connectivity index (χ2v) is 7.25. The summed E-state index contributed by atoms with van der Waals surface area (Å²) in [7, 11) is -3.99. The smallest absolute Gasteiger partial charge is 0.324 e. The molecule has 0 radical (unpaired) electrons. The molecule has 1 amide bonds. The number of benzene rings is 1. The van der Waals surface area contributed by atoms with Gasteiger partial charge >= 0.3 is 5.97 Å². The first kappa shape index (κ1) is 21.5. The first-order valence-corrected chi connectivity index (χ1v) is 9.29. The van der Waals surface area contributed by atoms with E-state index >= 15 is 0 Å². The summed E-state index contributed by atoms with van der Waals surface area (Å²) in [6.45, 7) is 7.71. The van der Waals surface area contributed by atoms with Crippen molar-refractivity contribution in [2.24, 2.45) is 0 Å². The largest absolute Gasteiger partial charge is 0.451 e. The lowest BCUT2D eigenvalue weighted by Crippen LogP contribution is -2.43. The summed E-state index contributed by atoms with van der Waals surface area (Å²) in [4.78, 5) is 34.8. The second kappa shape index (κ2) is 9.25. The van der Waals surface area contributed by atoms with Crippen LogP contribution in [0.3, 0.4) is 0 Å². The van der Waals surface area contributed by atoms with E-state index in [4.69, 9.17) is 4.74 Å². The maximum absolute atomic E-state index is 12.3. The van der Waals surface area contributed by atoms with Gasteiger partial charge in [-0.2, -0.15) is 4.72 Å². The Labute approximate surface area is 152 Å². The highest BCUT2D eigenvalue weighted by molar-refractivity contribution is 7.89. The Hall–Kier alpha value is -2.52. The third kappa shape index (κ3) is 6.08. The minimum absolute atomic E-state index is 0.0982. The fraction of sp³-hybridized carbons (Fsp3) is 0.353. The van der Waals surface area contributed by atoms with E-state index in [9.17, 15) is 22.8 Å². The van der Waals surface area contributed by atoms with E-state index in [2.05, 4.69) is 16.6 Å². The molecule has 0 aliphatic carbocycles. The van der Waals surface area contributed by atoms with E-state index in [1.165, 1.54) is 51.1 Å². The average Bonchev–Trinajstić information content (AvgIpc) is 2.59. The molecule has 142 valence electrons. The van der Waals surface area contributed by atoms with Gasteiger partial charge in [0.25, 0.3) is 5.91 Å². The summed E-state index contributed by atoms with van der Waals surface area (Å²) < 4.78 is 31.7. The third-order valence-corrected chi connectivity index (χ3v) is 4.90. The predicted octanol–water partition coefficient (Wildman–Crippen LogP) is 0.790. The van der Waals surface area contributed by atoms with Crippen LogP contribution in [0.2, 0.25) is 0 Å². The molecule has 8 nitrogen and oxygen atoms in total. The van der Waals surface area contributed by atoms with Crippen molar-refractivity contribution in [3.8, 4) is 0 Å². The summed E-state index contributed by atoms with van der Waals surface area (Å²) in [5, 5.41) is 2.46. The second-order valence-electron chi connectivity index (χ2n) is 5.54. The lowest BCUT2D eigenvalue weighted by atomic mass is 10.2. The van der Waals surface area contributed by atoms with Gasteiger partial charge in [0, 0.05) is 12.1 Å². The van der Waals surface area contributed by atoms with Crippen LogP contribution in [0.5, 0.6) is 0 Å². The number of nitrogens with one attached hydrogen (secondary N) is 2. The first-order chi connectivity index (χ1) is 12.1. The predicted molar refractivity (Wildman–Crippen MR) is 95.0 cm³/mol. The third-order valence-electron chi connectivity index (χ3n) is 3.34. The number of sulfonamides is 1. The minimum Gasteiger partial charge on any atom is -0.451 e. The maximum atomic E-state index is 12.3. The monoisotopic (exact) mass is 382 g/mol. The fourth-order valence-electron chi connectivity index (χ4n) is 1.86. The molecule has 0 heterocycles. The molecule has 2 N–H and O–H groups in total. The fourth-order valence-corrected chi connectivity index (χ4v) is 3.06. The summed E-state index contributed by atoms with van der Waals surface area (Å²) in [6.07, 6.45) is 0.393. The molecule has 1 aromatic carbocycles. The zero-order valence-electron chi connectivity index (χ0n) is 14.8. The standard InChI is InChI=1S/C17H22N2O6S/c1-5-10-18-16(21)13(4)25-17(22)11(2)19-26(23,24)15-8-6-14(7-9-15)12(3)20/h5-9,11,13,19H,1,10H2,2-4H3,(H,18,21)/t11-,13-/m0/s1. The zero-order valence-corrected chi connectivity index (χ0v) is 15.6. The quantitative estimate of drug-likeness (QED) is 0.370. The van der Waals surface area contributed by atoms with Crippen molar-refractivity contribution in [1.82, 2.24) is 10.0 Å². The van der Waals surface area contributed by atoms with Gasteiger partial charge in [-0.15, -0.1) is 6.58 Å². The number of ketones is 1. The highest BCUT2D eigenvalue weighted by atomic mass is 32.2. The van der Waals surface area contributed by atoms with Crippen LogP contribution in [-0.2, 0) is 24.3 Å². The van der Waals surface area contributed by atoms with E-state index < -0.39 is 34.0 Å². The number of ether oxygens (including phenoxy) is 1. The molecular formula is C17H22N2O6S. The van der Waals surface area contributed by atoms with E-state index in [0.29, 0.717) is 5.56 Å².